The van der Waals surface area contributed by atoms with Crippen LogP contribution in [0.4, 0.5) is 4.39 Å². The average molecular weight is 426 g/mol. The van der Waals surface area contributed by atoms with Crippen LogP contribution in [0.25, 0.3) is 26.4 Å². The van der Waals surface area contributed by atoms with Gasteiger partial charge in [-0.25, -0.2) is 9.37 Å². The SMILES string of the molecule is CCN(CC)CCCNC(=O)c1ccc2c(c1)sc1nc(-c3ccncc3F)cn12. The third-order valence-corrected chi connectivity index (χ3v) is 6.25. The smallest absolute Gasteiger partial charge is 0.251 e. The molecule has 0 saturated heterocycles. The summed E-state index contributed by atoms with van der Waals surface area (Å²) >= 11 is 1.48. The van der Waals surface area contributed by atoms with E-state index in [2.05, 4.69) is 34.0 Å². The Morgan fingerprint density at radius 1 is 1.27 bits per heavy atom. The summed E-state index contributed by atoms with van der Waals surface area (Å²) in [5.74, 6) is -0.463. The van der Waals surface area contributed by atoms with E-state index >= 15 is 0 Å². The van der Waals surface area contributed by atoms with Gasteiger partial charge in [-0.15, -0.1) is 0 Å². The van der Waals surface area contributed by atoms with E-state index in [-0.39, 0.29) is 5.91 Å². The number of hydrogen-bond donors (Lipinski definition) is 1. The van der Waals surface area contributed by atoms with Crippen molar-refractivity contribution < 1.29 is 9.18 Å². The summed E-state index contributed by atoms with van der Waals surface area (Å²) in [5, 5.41) is 3.00. The maximum absolute atomic E-state index is 14.0. The summed E-state index contributed by atoms with van der Waals surface area (Å²) in [7, 11) is 0. The number of carbonyl (C=O) groups is 1. The molecule has 3 aromatic heterocycles. The molecule has 0 aliphatic heterocycles. The summed E-state index contributed by atoms with van der Waals surface area (Å²) in [6.45, 7) is 7.97. The van der Waals surface area contributed by atoms with Crippen LogP contribution < -0.4 is 5.32 Å². The van der Waals surface area contributed by atoms with Gasteiger partial charge in [-0.3, -0.25) is 14.2 Å². The van der Waals surface area contributed by atoms with Crippen LogP contribution in [0.5, 0.6) is 0 Å². The van der Waals surface area contributed by atoms with Crippen LogP contribution in [0.1, 0.15) is 30.6 Å². The molecule has 0 atom stereocenters. The fourth-order valence-electron chi connectivity index (χ4n) is 3.50. The number of hydrogen-bond acceptors (Lipinski definition) is 5. The highest BCUT2D eigenvalue weighted by Gasteiger charge is 2.14. The molecule has 6 nitrogen and oxygen atoms in total. The molecule has 0 aliphatic rings. The molecular formula is C22H24FN5OS. The van der Waals surface area contributed by atoms with Crippen molar-refractivity contribution in [2.24, 2.45) is 0 Å². The number of halogens is 1. The first-order chi connectivity index (χ1) is 14.6. The van der Waals surface area contributed by atoms with Gasteiger partial charge >= 0.3 is 0 Å². The van der Waals surface area contributed by atoms with E-state index in [9.17, 15) is 9.18 Å². The fraction of sp³-hybridized carbons (Fsp3) is 0.318. The summed E-state index contributed by atoms with van der Waals surface area (Å²) in [4.78, 5) is 24.0. The number of pyridine rings is 1. The normalized spacial score (nSPS) is 11.6. The Kier molecular flexibility index (Phi) is 6.06. The van der Waals surface area contributed by atoms with E-state index in [1.807, 2.05) is 28.8 Å². The zero-order valence-corrected chi connectivity index (χ0v) is 17.9. The monoisotopic (exact) mass is 425 g/mol. The van der Waals surface area contributed by atoms with Gasteiger partial charge in [-0.05, 0) is 50.3 Å². The predicted molar refractivity (Wildman–Crippen MR) is 119 cm³/mol. The Balaban J connectivity index is 1.49. The van der Waals surface area contributed by atoms with Crippen molar-refractivity contribution in [1.29, 1.82) is 0 Å². The number of aromatic nitrogens is 3. The van der Waals surface area contributed by atoms with Crippen LogP contribution in [0, 0.1) is 5.82 Å². The quantitative estimate of drug-likeness (QED) is 0.430. The van der Waals surface area contributed by atoms with E-state index < -0.39 is 5.82 Å². The van der Waals surface area contributed by atoms with Crippen molar-refractivity contribution in [3.8, 4) is 11.3 Å². The molecule has 0 radical (unpaired) electrons. The molecule has 1 amide bonds. The minimum Gasteiger partial charge on any atom is -0.352 e. The van der Waals surface area contributed by atoms with Gasteiger partial charge in [0.1, 0.15) is 0 Å². The van der Waals surface area contributed by atoms with Crippen LogP contribution in [0.3, 0.4) is 0 Å². The van der Waals surface area contributed by atoms with E-state index in [1.165, 1.54) is 17.5 Å². The Morgan fingerprint density at radius 2 is 2.10 bits per heavy atom. The Labute approximate surface area is 178 Å². The van der Waals surface area contributed by atoms with Crippen molar-refractivity contribution in [2.75, 3.05) is 26.2 Å². The maximum atomic E-state index is 14.0. The number of fused-ring (bicyclic) bond motifs is 3. The lowest BCUT2D eigenvalue weighted by Gasteiger charge is -2.17. The topological polar surface area (TPSA) is 62.5 Å². The van der Waals surface area contributed by atoms with Crippen molar-refractivity contribution in [3.05, 3.63) is 54.2 Å². The zero-order valence-electron chi connectivity index (χ0n) is 17.1. The Hall–Kier alpha value is -2.84. The number of thiazole rings is 1. The largest absolute Gasteiger partial charge is 0.352 e. The second-order valence-electron chi connectivity index (χ2n) is 7.06. The summed E-state index contributed by atoms with van der Waals surface area (Å²) < 4.78 is 16.9. The van der Waals surface area contributed by atoms with E-state index in [4.69, 9.17) is 0 Å². The Bertz CT molecular complexity index is 1180. The van der Waals surface area contributed by atoms with Crippen LogP contribution >= 0.6 is 11.3 Å². The number of nitrogens with one attached hydrogen (secondary N) is 1. The number of nitrogens with zero attached hydrogens (tertiary/aromatic N) is 4. The molecule has 4 aromatic rings. The highest BCUT2D eigenvalue weighted by atomic mass is 32.1. The van der Waals surface area contributed by atoms with Gasteiger partial charge in [-0.1, -0.05) is 25.2 Å². The molecule has 0 unspecified atom stereocenters. The Morgan fingerprint density at radius 3 is 2.87 bits per heavy atom. The van der Waals surface area contributed by atoms with Crippen LogP contribution in [-0.4, -0.2) is 51.4 Å². The minimum atomic E-state index is -0.396. The van der Waals surface area contributed by atoms with Crippen molar-refractivity contribution in [2.45, 2.75) is 20.3 Å². The lowest BCUT2D eigenvalue weighted by Crippen LogP contribution is -2.29. The van der Waals surface area contributed by atoms with Gasteiger partial charge in [-0.2, -0.15) is 0 Å². The van der Waals surface area contributed by atoms with Crippen molar-refractivity contribution >= 4 is 32.4 Å². The highest BCUT2D eigenvalue weighted by Crippen LogP contribution is 2.30. The van der Waals surface area contributed by atoms with Gasteiger partial charge in [0, 0.05) is 30.1 Å². The first-order valence-electron chi connectivity index (χ1n) is 10.1. The van der Waals surface area contributed by atoms with Gasteiger partial charge in [0.15, 0.2) is 10.8 Å². The molecule has 4 rings (SSSR count). The van der Waals surface area contributed by atoms with E-state index in [1.54, 1.807) is 12.3 Å². The third-order valence-electron chi connectivity index (χ3n) is 5.24. The zero-order chi connectivity index (χ0) is 21.1. The highest BCUT2D eigenvalue weighted by molar-refractivity contribution is 7.23. The molecule has 0 bridgehead atoms. The molecule has 30 heavy (non-hydrogen) atoms. The first kappa shape index (κ1) is 20.4. The number of rotatable bonds is 8. The summed E-state index contributed by atoms with van der Waals surface area (Å²) in [5.41, 5.74) is 2.57. The van der Waals surface area contributed by atoms with Crippen LogP contribution in [-0.2, 0) is 0 Å². The molecule has 1 aromatic carbocycles. The molecule has 156 valence electrons. The predicted octanol–water partition coefficient (Wildman–Crippen LogP) is 4.21. The van der Waals surface area contributed by atoms with Gasteiger partial charge < -0.3 is 10.2 Å². The molecule has 8 heteroatoms. The molecule has 0 saturated carbocycles. The maximum Gasteiger partial charge on any atom is 0.251 e. The van der Waals surface area contributed by atoms with Crippen molar-refractivity contribution in [3.63, 3.8) is 0 Å². The van der Waals surface area contributed by atoms with Gasteiger partial charge in [0.2, 0.25) is 0 Å². The van der Waals surface area contributed by atoms with Crippen molar-refractivity contribution in [1.82, 2.24) is 24.6 Å². The molecule has 0 spiro atoms. The summed E-state index contributed by atoms with van der Waals surface area (Å²) in [6, 6.07) is 7.24. The van der Waals surface area contributed by atoms with E-state index in [0.29, 0.717) is 23.4 Å². The standard InChI is InChI=1S/C22H24FN5OS/c1-3-27(4-2)11-5-9-25-21(29)15-6-7-19-20(12-15)30-22-26-18(14-28(19)22)16-8-10-24-13-17(16)23/h6-8,10,12-14H,3-5,9,11H2,1-2H3,(H,25,29). The molecule has 0 fully saturated rings. The lowest BCUT2D eigenvalue weighted by molar-refractivity contribution is 0.0952. The first-order valence-corrected chi connectivity index (χ1v) is 10.9. The van der Waals surface area contributed by atoms with Gasteiger partial charge in [0.25, 0.3) is 5.91 Å². The molecule has 0 aliphatic carbocycles. The van der Waals surface area contributed by atoms with E-state index in [0.717, 1.165) is 41.2 Å². The third kappa shape index (κ3) is 4.06. The average Bonchev–Trinajstić information content (AvgIpc) is 3.31. The molecule has 1 N–H and O–H groups in total. The molecular weight excluding hydrogens is 401 g/mol. The number of imidazole rings is 1. The number of amides is 1. The second kappa shape index (κ2) is 8.89. The fourth-order valence-corrected chi connectivity index (χ4v) is 4.55. The van der Waals surface area contributed by atoms with Gasteiger partial charge in [0.05, 0.1) is 22.1 Å². The van der Waals surface area contributed by atoms with Crippen LogP contribution in [0.2, 0.25) is 0 Å². The second-order valence-corrected chi connectivity index (χ2v) is 8.06. The minimum absolute atomic E-state index is 0.0676. The summed E-state index contributed by atoms with van der Waals surface area (Å²) in [6.07, 6.45) is 5.49. The van der Waals surface area contributed by atoms with Crippen LogP contribution in [0.15, 0.2) is 42.9 Å². The molecule has 3 heterocycles. The number of benzene rings is 1. The lowest BCUT2D eigenvalue weighted by atomic mass is 10.2. The number of carbonyl (C=O) groups excluding carboxylic acids is 1.